The fraction of sp³-hybridized carbons (Fsp3) is 0.923. The van der Waals surface area contributed by atoms with Crippen molar-refractivity contribution >= 4 is 35.1 Å². The summed E-state index contributed by atoms with van der Waals surface area (Å²) >= 11 is 3.80. The lowest BCUT2D eigenvalue weighted by molar-refractivity contribution is -0.121. The van der Waals surface area contributed by atoms with Gasteiger partial charge in [0.15, 0.2) is 11.6 Å². The Morgan fingerprint density at radius 1 is 0.594 bits per heavy atom. The molecule has 0 aromatic rings. The summed E-state index contributed by atoms with van der Waals surface area (Å²) in [4.78, 5) is 24.0. The van der Waals surface area contributed by atoms with Crippen molar-refractivity contribution in [2.24, 2.45) is 23.3 Å². The van der Waals surface area contributed by atoms with Crippen LogP contribution in [0.3, 0.4) is 0 Å². The number of carbonyl (C=O) groups excluding carboxylic acids is 2. The quantitative estimate of drug-likeness (QED) is 0.166. The van der Waals surface area contributed by atoms with Crippen molar-refractivity contribution < 1.29 is 9.59 Å². The molecule has 0 fully saturated rings. The first-order chi connectivity index (χ1) is 15.3. The summed E-state index contributed by atoms with van der Waals surface area (Å²) in [6, 6.07) is -0.552. The number of nitrogens with two attached hydrogens (primary N) is 2. The summed E-state index contributed by atoms with van der Waals surface area (Å²) < 4.78 is 0. The molecule has 32 heavy (non-hydrogen) atoms. The van der Waals surface area contributed by atoms with Crippen molar-refractivity contribution in [3.05, 3.63) is 0 Å². The Labute approximate surface area is 207 Å². The minimum atomic E-state index is -0.276. The molecule has 4 unspecified atom stereocenters. The van der Waals surface area contributed by atoms with Crippen molar-refractivity contribution in [3.63, 3.8) is 0 Å². The Hall–Kier alpha value is -0.0400. The molecule has 0 aromatic carbocycles. The molecular weight excluding hydrogens is 436 g/mol. The molecule has 0 amide bonds. The van der Waals surface area contributed by atoms with Gasteiger partial charge in [-0.1, -0.05) is 79.1 Å². The predicted octanol–water partition coefficient (Wildman–Crippen LogP) is 6.24. The number of thioether (sulfide) groups is 2. The number of Topliss-reactive ketones (excluding diaryl/α,β-unsaturated/α-hetero) is 2. The molecular formula is C26H52N2O2S2. The van der Waals surface area contributed by atoms with Gasteiger partial charge in [-0.05, 0) is 36.2 Å². The van der Waals surface area contributed by atoms with Crippen molar-refractivity contribution in [2.75, 3.05) is 23.0 Å². The topological polar surface area (TPSA) is 86.2 Å². The smallest absolute Gasteiger partial charge is 0.150 e. The number of rotatable bonds is 23. The first-order valence-corrected chi connectivity index (χ1v) is 15.4. The number of unbranched alkanes of at least 4 members (excludes halogenated alkanes) is 7. The minimum absolute atomic E-state index is 0.226. The standard InChI is InChI=1S/C26H52N2O2S2/c1-5-21(3)25(27)23(29)15-19-31-17-13-11-9-7-8-10-12-14-18-32-20-16-24(30)26(28)22(4)6-2/h21-22,25-26H,5-20,27-28H2,1-4H3. The average molecular weight is 489 g/mol. The molecule has 0 heterocycles. The van der Waals surface area contributed by atoms with E-state index in [0.29, 0.717) is 24.7 Å². The fourth-order valence-electron chi connectivity index (χ4n) is 3.49. The molecule has 0 aromatic heterocycles. The van der Waals surface area contributed by atoms with Gasteiger partial charge >= 0.3 is 0 Å². The average Bonchev–Trinajstić information content (AvgIpc) is 2.81. The molecule has 0 aliphatic carbocycles. The fourth-order valence-corrected chi connectivity index (χ4v) is 5.41. The second-order valence-corrected chi connectivity index (χ2v) is 11.8. The lowest BCUT2D eigenvalue weighted by atomic mass is 9.95. The second-order valence-electron chi connectivity index (χ2n) is 9.31. The van der Waals surface area contributed by atoms with Crippen LogP contribution in [0.4, 0.5) is 0 Å². The summed E-state index contributed by atoms with van der Waals surface area (Å²) in [5.74, 6) is 5.19. The highest BCUT2D eigenvalue weighted by Crippen LogP contribution is 2.15. The zero-order valence-electron chi connectivity index (χ0n) is 21.4. The molecule has 0 aliphatic heterocycles. The summed E-state index contributed by atoms with van der Waals surface area (Å²) in [5, 5.41) is 0. The minimum Gasteiger partial charge on any atom is -0.321 e. The van der Waals surface area contributed by atoms with Crippen LogP contribution in [0.2, 0.25) is 0 Å². The first-order valence-electron chi connectivity index (χ1n) is 13.1. The van der Waals surface area contributed by atoms with Gasteiger partial charge in [-0.3, -0.25) is 9.59 Å². The lowest BCUT2D eigenvalue weighted by Crippen LogP contribution is -2.36. The van der Waals surface area contributed by atoms with Gasteiger partial charge in [-0.2, -0.15) is 23.5 Å². The van der Waals surface area contributed by atoms with E-state index in [1.807, 2.05) is 23.5 Å². The monoisotopic (exact) mass is 488 g/mol. The van der Waals surface area contributed by atoms with Crippen LogP contribution in [0.1, 0.15) is 105 Å². The third kappa shape index (κ3) is 16.6. The second kappa shape index (κ2) is 21.5. The molecule has 0 aliphatic rings. The molecule has 0 spiro atoms. The van der Waals surface area contributed by atoms with E-state index < -0.39 is 0 Å². The van der Waals surface area contributed by atoms with E-state index >= 15 is 0 Å². The SMILES string of the molecule is CCC(C)C(N)C(=O)CCSCCCCCCCCCCSCCC(=O)C(N)C(C)CC. The van der Waals surface area contributed by atoms with Crippen LogP contribution < -0.4 is 11.5 Å². The summed E-state index contributed by atoms with van der Waals surface area (Å²) in [6.07, 6.45) is 13.6. The highest BCUT2D eigenvalue weighted by molar-refractivity contribution is 7.99. The van der Waals surface area contributed by atoms with Crippen LogP contribution >= 0.6 is 23.5 Å². The van der Waals surface area contributed by atoms with Gasteiger partial charge in [0.1, 0.15) is 0 Å². The van der Waals surface area contributed by atoms with Crippen LogP contribution in [0.25, 0.3) is 0 Å². The molecule has 4 N–H and O–H groups in total. The highest BCUT2D eigenvalue weighted by Gasteiger charge is 2.19. The molecule has 4 atom stereocenters. The van der Waals surface area contributed by atoms with Crippen LogP contribution in [0.5, 0.6) is 0 Å². The van der Waals surface area contributed by atoms with Crippen molar-refractivity contribution in [2.45, 2.75) is 117 Å². The number of hydrogen-bond acceptors (Lipinski definition) is 6. The van der Waals surface area contributed by atoms with Gasteiger partial charge in [-0.25, -0.2) is 0 Å². The van der Waals surface area contributed by atoms with Crippen molar-refractivity contribution in [3.8, 4) is 0 Å². The van der Waals surface area contributed by atoms with Crippen molar-refractivity contribution in [1.29, 1.82) is 0 Å². The Morgan fingerprint density at radius 3 is 1.22 bits per heavy atom. The molecule has 0 saturated carbocycles. The van der Waals surface area contributed by atoms with Crippen LogP contribution in [-0.2, 0) is 9.59 Å². The number of carbonyl (C=O) groups is 2. The van der Waals surface area contributed by atoms with Gasteiger partial charge in [0.05, 0.1) is 12.1 Å². The number of ketones is 2. The maximum atomic E-state index is 12.0. The Morgan fingerprint density at radius 2 is 0.906 bits per heavy atom. The van der Waals surface area contributed by atoms with Crippen LogP contribution in [0.15, 0.2) is 0 Å². The third-order valence-electron chi connectivity index (χ3n) is 6.57. The van der Waals surface area contributed by atoms with E-state index in [9.17, 15) is 9.59 Å². The zero-order valence-corrected chi connectivity index (χ0v) is 23.0. The summed E-state index contributed by atoms with van der Waals surface area (Å²) in [5.41, 5.74) is 12.0. The maximum Gasteiger partial charge on any atom is 0.150 e. The Balaban J connectivity index is 3.35. The largest absolute Gasteiger partial charge is 0.321 e. The Bertz CT molecular complexity index is 435. The van der Waals surface area contributed by atoms with Gasteiger partial charge in [-0.15, -0.1) is 0 Å². The van der Waals surface area contributed by atoms with Crippen LogP contribution in [-0.4, -0.2) is 46.7 Å². The normalized spacial score (nSPS) is 15.3. The first kappa shape index (κ1) is 32.0. The van der Waals surface area contributed by atoms with E-state index in [-0.39, 0.29) is 23.7 Å². The van der Waals surface area contributed by atoms with Gasteiger partial charge in [0.2, 0.25) is 0 Å². The van der Waals surface area contributed by atoms with Crippen LogP contribution in [0, 0.1) is 11.8 Å². The van der Waals surface area contributed by atoms with E-state index in [4.69, 9.17) is 11.5 Å². The number of hydrogen-bond donors (Lipinski definition) is 2. The zero-order chi connectivity index (χ0) is 24.2. The van der Waals surface area contributed by atoms with Gasteiger partial charge < -0.3 is 11.5 Å². The van der Waals surface area contributed by atoms with Gasteiger partial charge in [0, 0.05) is 24.3 Å². The predicted molar refractivity (Wildman–Crippen MR) is 146 cm³/mol. The van der Waals surface area contributed by atoms with Gasteiger partial charge in [0.25, 0.3) is 0 Å². The molecule has 0 bridgehead atoms. The highest BCUT2D eigenvalue weighted by atomic mass is 32.2. The lowest BCUT2D eigenvalue weighted by Gasteiger charge is -2.16. The summed E-state index contributed by atoms with van der Waals surface area (Å²) in [6.45, 7) is 8.30. The van der Waals surface area contributed by atoms with E-state index in [2.05, 4.69) is 27.7 Å². The molecule has 190 valence electrons. The van der Waals surface area contributed by atoms with E-state index in [1.54, 1.807) is 0 Å². The summed E-state index contributed by atoms with van der Waals surface area (Å²) in [7, 11) is 0. The molecule has 0 saturated heterocycles. The molecule has 0 rings (SSSR count). The molecule has 6 heteroatoms. The molecule has 0 radical (unpaired) electrons. The van der Waals surface area contributed by atoms with E-state index in [0.717, 1.165) is 35.9 Å². The van der Waals surface area contributed by atoms with Crippen molar-refractivity contribution in [1.82, 2.24) is 0 Å². The maximum absolute atomic E-state index is 12.0. The third-order valence-corrected chi connectivity index (χ3v) is 8.71. The Kier molecular flexibility index (Phi) is 21.5. The molecule has 4 nitrogen and oxygen atoms in total. The van der Waals surface area contributed by atoms with E-state index in [1.165, 1.54) is 51.4 Å².